The Balaban J connectivity index is 2.13. The van der Waals surface area contributed by atoms with Gasteiger partial charge in [-0.2, -0.15) is 0 Å². The number of rotatable bonds is 4. The molecule has 0 aliphatic carbocycles. The van der Waals surface area contributed by atoms with Crippen molar-refractivity contribution in [1.82, 2.24) is 9.71 Å². The molecule has 0 spiro atoms. The van der Waals surface area contributed by atoms with E-state index in [-0.39, 0.29) is 11.4 Å². The summed E-state index contributed by atoms with van der Waals surface area (Å²) in [6.45, 7) is 3.84. The number of sulfonamides is 1. The van der Waals surface area contributed by atoms with Gasteiger partial charge in [0.1, 0.15) is 16.4 Å². The number of hydrogen-bond donors (Lipinski definition) is 1. The molecule has 5 nitrogen and oxygen atoms in total. The molecule has 2 heterocycles. The van der Waals surface area contributed by atoms with Crippen LogP contribution >= 0.6 is 0 Å². The maximum atomic E-state index is 11.9. The van der Waals surface area contributed by atoms with Crippen LogP contribution in [0, 0.1) is 13.8 Å². The predicted octanol–water partition coefficient (Wildman–Crippen LogP) is 1.77. The van der Waals surface area contributed by atoms with E-state index in [1.54, 1.807) is 13.0 Å². The molecule has 0 radical (unpaired) electrons. The summed E-state index contributed by atoms with van der Waals surface area (Å²) in [6, 6.07) is 4.91. The first-order valence-electron chi connectivity index (χ1n) is 5.44. The summed E-state index contributed by atoms with van der Waals surface area (Å²) < 4.78 is 31.7. The highest BCUT2D eigenvalue weighted by molar-refractivity contribution is 7.89. The van der Waals surface area contributed by atoms with Crippen LogP contribution in [0.2, 0.25) is 0 Å². The van der Waals surface area contributed by atoms with Gasteiger partial charge < -0.3 is 4.42 Å². The predicted molar refractivity (Wildman–Crippen MR) is 66.4 cm³/mol. The number of aryl methyl sites for hydroxylation is 2. The largest absolute Gasteiger partial charge is 0.466 e. The van der Waals surface area contributed by atoms with Crippen LogP contribution in [0.5, 0.6) is 0 Å². The van der Waals surface area contributed by atoms with Crippen molar-refractivity contribution in [3.05, 3.63) is 47.7 Å². The Kier molecular flexibility index (Phi) is 3.49. The molecule has 2 aromatic rings. The number of nitrogens with zero attached hydrogens (tertiary/aromatic N) is 1. The molecule has 0 aliphatic rings. The minimum absolute atomic E-state index is 0.155. The third-order valence-corrected chi connectivity index (χ3v) is 3.93. The fourth-order valence-corrected chi connectivity index (χ4v) is 2.59. The number of hydrogen-bond acceptors (Lipinski definition) is 4. The van der Waals surface area contributed by atoms with E-state index in [1.807, 2.05) is 13.0 Å². The highest BCUT2D eigenvalue weighted by Gasteiger charge is 2.14. The second kappa shape index (κ2) is 4.91. The van der Waals surface area contributed by atoms with E-state index in [1.165, 1.54) is 18.5 Å². The molecule has 6 heteroatoms. The molecule has 0 saturated heterocycles. The molecule has 2 rings (SSSR count). The first-order chi connectivity index (χ1) is 8.49. The van der Waals surface area contributed by atoms with Gasteiger partial charge in [0.15, 0.2) is 0 Å². The normalized spacial score (nSPS) is 11.7. The zero-order chi connectivity index (χ0) is 13.2. The van der Waals surface area contributed by atoms with Crippen molar-refractivity contribution in [1.29, 1.82) is 0 Å². The average molecular weight is 266 g/mol. The van der Waals surface area contributed by atoms with Gasteiger partial charge >= 0.3 is 0 Å². The minimum Gasteiger partial charge on any atom is -0.466 e. The lowest BCUT2D eigenvalue weighted by Gasteiger charge is -2.05. The molecule has 0 bridgehead atoms. The summed E-state index contributed by atoms with van der Waals surface area (Å²) in [5, 5.41) is 0. The number of nitrogens with one attached hydrogen (secondary N) is 1. The van der Waals surface area contributed by atoms with Gasteiger partial charge in [-0.25, -0.2) is 13.1 Å². The third-order valence-electron chi connectivity index (χ3n) is 2.54. The molecule has 0 atom stereocenters. The highest BCUT2D eigenvalue weighted by Crippen LogP contribution is 2.14. The summed E-state index contributed by atoms with van der Waals surface area (Å²) in [5.41, 5.74) is 0.833. The molecular formula is C12H14N2O3S. The number of pyridine rings is 1. The Bertz CT molecular complexity index is 633. The third kappa shape index (κ3) is 2.77. The van der Waals surface area contributed by atoms with Crippen LogP contribution in [-0.2, 0) is 16.6 Å². The van der Waals surface area contributed by atoms with Crippen LogP contribution < -0.4 is 4.72 Å². The molecule has 96 valence electrons. The van der Waals surface area contributed by atoms with Crippen molar-refractivity contribution in [2.75, 3.05) is 0 Å². The van der Waals surface area contributed by atoms with Gasteiger partial charge in [0.05, 0.1) is 0 Å². The van der Waals surface area contributed by atoms with E-state index >= 15 is 0 Å². The van der Waals surface area contributed by atoms with E-state index in [0.29, 0.717) is 0 Å². The van der Waals surface area contributed by atoms with E-state index in [2.05, 4.69) is 9.71 Å². The van der Waals surface area contributed by atoms with Crippen LogP contribution in [0.1, 0.15) is 17.1 Å². The van der Waals surface area contributed by atoms with Crippen molar-refractivity contribution in [2.45, 2.75) is 25.3 Å². The van der Waals surface area contributed by atoms with E-state index in [9.17, 15) is 8.42 Å². The van der Waals surface area contributed by atoms with E-state index < -0.39 is 10.0 Å². The minimum atomic E-state index is -3.52. The van der Waals surface area contributed by atoms with Gasteiger partial charge in [0.25, 0.3) is 0 Å². The Morgan fingerprint density at radius 3 is 2.72 bits per heavy atom. The molecule has 0 aliphatic heterocycles. The first-order valence-corrected chi connectivity index (χ1v) is 6.93. The second-order valence-electron chi connectivity index (χ2n) is 3.95. The summed E-state index contributed by atoms with van der Waals surface area (Å²) in [5.74, 6) is 1.49. The second-order valence-corrected chi connectivity index (χ2v) is 5.72. The van der Waals surface area contributed by atoms with E-state index in [0.717, 1.165) is 17.1 Å². The van der Waals surface area contributed by atoms with Gasteiger partial charge in [0.2, 0.25) is 10.0 Å². The van der Waals surface area contributed by atoms with Crippen molar-refractivity contribution in [3.63, 3.8) is 0 Å². The molecule has 18 heavy (non-hydrogen) atoms. The monoisotopic (exact) mass is 266 g/mol. The summed E-state index contributed by atoms with van der Waals surface area (Å²) in [6.07, 6.45) is 2.85. The fourth-order valence-electron chi connectivity index (χ4n) is 1.62. The summed E-state index contributed by atoms with van der Waals surface area (Å²) in [4.78, 5) is 3.95. The maximum absolute atomic E-state index is 11.9. The van der Waals surface area contributed by atoms with Crippen LogP contribution in [0.4, 0.5) is 0 Å². The van der Waals surface area contributed by atoms with Gasteiger partial charge in [-0.05, 0) is 32.0 Å². The first kappa shape index (κ1) is 12.8. The standard InChI is InChI=1S/C12H14N2O3S/c1-9-6-11(10(2)17-9)7-14-18(15,16)12-4-3-5-13-8-12/h3-6,8,14H,7H2,1-2H3. The molecule has 0 aromatic carbocycles. The molecule has 2 aromatic heterocycles. The average Bonchev–Trinajstić information content (AvgIpc) is 2.67. The molecule has 0 unspecified atom stereocenters. The Labute approximate surface area is 106 Å². The fraction of sp³-hybridized carbons (Fsp3) is 0.250. The molecule has 0 saturated carbocycles. The Hall–Kier alpha value is -1.66. The van der Waals surface area contributed by atoms with Crippen LogP contribution in [-0.4, -0.2) is 13.4 Å². The lowest BCUT2D eigenvalue weighted by molar-refractivity contribution is 0.500. The van der Waals surface area contributed by atoms with Crippen molar-refractivity contribution in [3.8, 4) is 0 Å². The topological polar surface area (TPSA) is 72.2 Å². The van der Waals surface area contributed by atoms with E-state index in [4.69, 9.17) is 4.42 Å². The SMILES string of the molecule is Cc1cc(CNS(=O)(=O)c2cccnc2)c(C)o1. The van der Waals surface area contributed by atoms with Gasteiger partial charge in [-0.3, -0.25) is 4.98 Å². The quantitative estimate of drug-likeness (QED) is 0.915. The van der Waals surface area contributed by atoms with Crippen LogP contribution in [0.25, 0.3) is 0 Å². The zero-order valence-corrected chi connectivity index (χ0v) is 11.0. The summed E-state index contributed by atoms with van der Waals surface area (Å²) in [7, 11) is -3.52. The highest BCUT2D eigenvalue weighted by atomic mass is 32.2. The van der Waals surface area contributed by atoms with Crippen LogP contribution in [0.15, 0.2) is 39.9 Å². The van der Waals surface area contributed by atoms with Crippen molar-refractivity contribution >= 4 is 10.0 Å². The van der Waals surface area contributed by atoms with Crippen molar-refractivity contribution < 1.29 is 12.8 Å². The molecule has 0 amide bonds. The van der Waals surface area contributed by atoms with Gasteiger partial charge in [0, 0.05) is 24.5 Å². The zero-order valence-electron chi connectivity index (χ0n) is 10.2. The number of furan rings is 1. The Morgan fingerprint density at radius 1 is 1.39 bits per heavy atom. The molecule has 0 fully saturated rings. The van der Waals surface area contributed by atoms with Crippen molar-refractivity contribution in [2.24, 2.45) is 0 Å². The van der Waals surface area contributed by atoms with Gasteiger partial charge in [-0.15, -0.1) is 0 Å². The maximum Gasteiger partial charge on any atom is 0.242 e. The lowest BCUT2D eigenvalue weighted by Crippen LogP contribution is -2.23. The smallest absolute Gasteiger partial charge is 0.242 e. The lowest BCUT2D eigenvalue weighted by atomic mass is 10.2. The molecular weight excluding hydrogens is 252 g/mol. The Morgan fingerprint density at radius 2 is 2.17 bits per heavy atom. The number of aromatic nitrogens is 1. The van der Waals surface area contributed by atoms with Gasteiger partial charge in [-0.1, -0.05) is 0 Å². The summed E-state index contributed by atoms with van der Waals surface area (Å²) >= 11 is 0. The molecule has 1 N–H and O–H groups in total. The van der Waals surface area contributed by atoms with Crippen LogP contribution in [0.3, 0.4) is 0 Å².